The number of halogens is 1. The Hall–Kier alpha value is 0.210. The Kier molecular flexibility index (Phi) is 1.50. The van der Waals surface area contributed by atoms with Gasteiger partial charge in [-0.2, -0.15) is 0 Å². The summed E-state index contributed by atoms with van der Waals surface area (Å²) >= 11 is 5.75. The van der Waals surface area contributed by atoms with Gasteiger partial charge in [0.1, 0.15) is 5.72 Å². The third kappa shape index (κ3) is 0.949. The molecule has 4 rings (SSSR count). The van der Waals surface area contributed by atoms with Gasteiger partial charge in [-0.05, 0) is 55.7 Å². The lowest BCUT2D eigenvalue weighted by Gasteiger charge is -2.55. The van der Waals surface area contributed by atoms with Crippen molar-refractivity contribution < 1.29 is 4.74 Å². The van der Waals surface area contributed by atoms with Gasteiger partial charge in [0, 0.05) is 0 Å². The summed E-state index contributed by atoms with van der Waals surface area (Å²) in [4.78, 5) is 2.86. The molecule has 4 fully saturated rings. The average molecular weight is 188 g/mol. The minimum atomic E-state index is -0.143. The van der Waals surface area contributed by atoms with Gasteiger partial charge in [-0.3, -0.25) is 0 Å². The van der Waals surface area contributed by atoms with Crippen molar-refractivity contribution in [2.24, 2.45) is 11.8 Å². The zero-order valence-electron chi connectivity index (χ0n) is 7.05. The van der Waals surface area contributed by atoms with Crippen LogP contribution in [0.5, 0.6) is 0 Å². The minimum Gasteiger partial charge on any atom is -0.356 e. The summed E-state index contributed by atoms with van der Waals surface area (Å²) in [6.45, 7) is 0. The lowest BCUT2D eigenvalue weighted by Crippen LogP contribution is -2.59. The van der Waals surface area contributed by atoms with E-state index in [4.69, 9.17) is 16.5 Å². The lowest BCUT2D eigenvalue weighted by molar-refractivity contribution is -0.224. The summed E-state index contributed by atoms with van der Waals surface area (Å²) in [5.74, 6) is 1.75. The standard InChI is InChI=1S/C9H14ClNO/c10-11-9-4-6-1-7(5-9)3-8(2-6)12-9/h6-8,11H,1-5H2. The van der Waals surface area contributed by atoms with Crippen LogP contribution in [0.2, 0.25) is 0 Å². The summed E-state index contributed by atoms with van der Waals surface area (Å²) in [6.07, 6.45) is 6.73. The highest BCUT2D eigenvalue weighted by Crippen LogP contribution is 2.51. The van der Waals surface area contributed by atoms with E-state index in [1.54, 1.807) is 0 Å². The summed E-state index contributed by atoms with van der Waals surface area (Å²) in [6, 6.07) is 0. The van der Waals surface area contributed by atoms with E-state index in [1.165, 1.54) is 19.3 Å². The van der Waals surface area contributed by atoms with Crippen LogP contribution in [0.3, 0.4) is 0 Å². The number of ether oxygens (including phenoxy) is 1. The van der Waals surface area contributed by atoms with E-state index in [1.807, 2.05) is 0 Å². The second-order valence-electron chi connectivity index (χ2n) is 4.68. The van der Waals surface area contributed by atoms with Crippen LogP contribution < -0.4 is 4.84 Å². The highest BCUT2D eigenvalue weighted by atomic mass is 35.5. The molecule has 2 saturated heterocycles. The molecule has 1 N–H and O–H groups in total. The zero-order chi connectivity index (χ0) is 8.18. The van der Waals surface area contributed by atoms with Gasteiger partial charge >= 0.3 is 0 Å². The smallest absolute Gasteiger partial charge is 0.133 e. The highest BCUT2D eigenvalue weighted by Gasteiger charge is 2.51. The molecular formula is C9H14ClNO. The first-order valence-electron chi connectivity index (χ1n) is 4.85. The predicted octanol–water partition coefficient (Wildman–Crippen LogP) is 2.04. The summed E-state index contributed by atoms with van der Waals surface area (Å²) in [7, 11) is 0. The first-order chi connectivity index (χ1) is 5.80. The van der Waals surface area contributed by atoms with Crippen molar-refractivity contribution in [2.45, 2.75) is 43.9 Å². The Morgan fingerprint density at radius 2 is 1.83 bits per heavy atom. The summed E-state index contributed by atoms with van der Waals surface area (Å²) in [5, 5.41) is 0. The fourth-order valence-corrected chi connectivity index (χ4v) is 3.66. The maximum absolute atomic E-state index is 5.92. The largest absolute Gasteiger partial charge is 0.356 e. The van der Waals surface area contributed by atoms with E-state index >= 15 is 0 Å². The summed E-state index contributed by atoms with van der Waals surface area (Å²) in [5.41, 5.74) is -0.143. The molecule has 2 unspecified atom stereocenters. The molecule has 0 aromatic heterocycles. The van der Waals surface area contributed by atoms with E-state index in [-0.39, 0.29) is 5.72 Å². The Balaban J connectivity index is 1.90. The molecule has 0 amide bonds. The van der Waals surface area contributed by atoms with Crippen molar-refractivity contribution in [1.82, 2.24) is 4.84 Å². The average Bonchev–Trinajstić information content (AvgIpc) is 2.02. The quantitative estimate of drug-likeness (QED) is 0.635. The van der Waals surface area contributed by atoms with Crippen LogP contribution in [0.4, 0.5) is 0 Å². The molecule has 3 heteroatoms. The van der Waals surface area contributed by atoms with Gasteiger partial charge in [-0.15, -0.1) is 0 Å². The maximum Gasteiger partial charge on any atom is 0.133 e. The SMILES string of the molecule is ClNC12CC3CC(CC(C3)O1)C2. The zero-order valence-corrected chi connectivity index (χ0v) is 7.81. The van der Waals surface area contributed by atoms with Crippen molar-refractivity contribution in [3.63, 3.8) is 0 Å². The number of hydrogen-bond donors (Lipinski definition) is 1. The topological polar surface area (TPSA) is 21.3 Å². The maximum atomic E-state index is 5.92. The molecule has 2 aliphatic carbocycles. The fourth-order valence-electron chi connectivity index (χ4n) is 3.46. The van der Waals surface area contributed by atoms with Crippen LogP contribution >= 0.6 is 11.8 Å². The monoisotopic (exact) mass is 187 g/mol. The summed E-state index contributed by atoms with van der Waals surface area (Å²) < 4.78 is 5.92. The van der Waals surface area contributed by atoms with Crippen molar-refractivity contribution in [2.75, 3.05) is 0 Å². The van der Waals surface area contributed by atoms with E-state index in [2.05, 4.69) is 4.84 Å². The molecule has 12 heavy (non-hydrogen) atoms. The van der Waals surface area contributed by atoms with Crippen molar-refractivity contribution >= 4 is 11.8 Å². The first-order valence-corrected chi connectivity index (χ1v) is 5.23. The molecule has 0 radical (unpaired) electrons. The van der Waals surface area contributed by atoms with E-state index in [9.17, 15) is 0 Å². The van der Waals surface area contributed by atoms with Gasteiger partial charge in [0.05, 0.1) is 6.10 Å². The Bertz CT molecular complexity index is 171. The van der Waals surface area contributed by atoms with Crippen molar-refractivity contribution in [1.29, 1.82) is 0 Å². The third-order valence-corrected chi connectivity index (χ3v) is 4.00. The van der Waals surface area contributed by atoms with Crippen LogP contribution in [0.25, 0.3) is 0 Å². The Morgan fingerprint density at radius 3 is 2.33 bits per heavy atom. The van der Waals surface area contributed by atoms with Crippen LogP contribution in [0.15, 0.2) is 0 Å². The van der Waals surface area contributed by atoms with Gasteiger partial charge < -0.3 is 4.74 Å². The molecular weight excluding hydrogens is 174 g/mol. The first kappa shape index (κ1) is 7.60. The molecule has 2 saturated carbocycles. The Labute approximate surface area is 77.7 Å². The molecule has 0 spiro atoms. The van der Waals surface area contributed by atoms with E-state index < -0.39 is 0 Å². The molecule has 0 aromatic rings. The van der Waals surface area contributed by atoms with Gasteiger partial charge in [0.15, 0.2) is 0 Å². The van der Waals surface area contributed by atoms with Crippen LogP contribution in [-0.4, -0.2) is 11.8 Å². The van der Waals surface area contributed by atoms with E-state index in [0.717, 1.165) is 24.7 Å². The number of nitrogens with one attached hydrogen (secondary N) is 1. The minimum absolute atomic E-state index is 0.143. The van der Waals surface area contributed by atoms with E-state index in [0.29, 0.717) is 6.10 Å². The lowest BCUT2D eigenvalue weighted by atomic mass is 9.65. The van der Waals surface area contributed by atoms with Gasteiger partial charge in [-0.25, -0.2) is 4.84 Å². The van der Waals surface area contributed by atoms with Crippen molar-refractivity contribution in [3.05, 3.63) is 0 Å². The molecule has 4 aliphatic rings. The molecule has 4 bridgehead atoms. The van der Waals surface area contributed by atoms with Gasteiger partial charge in [0.2, 0.25) is 0 Å². The third-order valence-electron chi connectivity index (χ3n) is 3.66. The van der Waals surface area contributed by atoms with Gasteiger partial charge in [0.25, 0.3) is 0 Å². The Morgan fingerprint density at radius 1 is 1.17 bits per heavy atom. The second-order valence-corrected chi connectivity index (χ2v) is 4.87. The number of rotatable bonds is 1. The van der Waals surface area contributed by atoms with Gasteiger partial charge in [-0.1, -0.05) is 0 Å². The predicted molar refractivity (Wildman–Crippen MR) is 46.7 cm³/mol. The normalized spacial score (nSPS) is 56.2. The fraction of sp³-hybridized carbons (Fsp3) is 1.00. The molecule has 2 atom stereocenters. The van der Waals surface area contributed by atoms with Crippen LogP contribution in [0.1, 0.15) is 32.1 Å². The second kappa shape index (κ2) is 2.37. The molecule has 2 nitrogen and oxygen atoms in total. The van der Waals surface area contributed by atoms with Crippen LogP contribution in [-0.2, 0) is 4.74 Å². The highest BCUT2D eigenvalue weighted by molar-refractivity contribution is 6.13. The molecule has 2 heterocycles. The van der Waals surface area contributed by atoms with Crippen LogP contribution in [0, 0.1) is 11.8 Å². The van der Waals surface area contributed by atoms with Crippen molar-refractivity contribution in [3.8, 4) is 0 Å². The molecule has 0 aromatic carbocycles. The molecule has 2 aliphatic heterocycles. The molecule has 68 valence electrons. The number of hydrogen-bond acceptors (Lipinski definition) is 2.